The Morgan fingerprint density at radius 1 is 1.39 bits per heavy atom. The highest BCUT2D eigenvalue weighted by molar-refractivity contribution is 7.89. The number of sulfonamides is 1. The Balaban J connectivity index is 1.91. The highest BCUT2D eigenvalue weighted by atomic mass is 32.2. The van der Waals surface area contributed by atoms with Crippen LogP contribution in [-0.2, 0) is 19.5 Å². The smallest absolute Gasteiger partial charge is 0.241 e. The Hall–Kier alpha value is -1.74. The van der Waals surface area contributed by atoms with Gasteiger partial charge in [0.1, 0.15) is 0 Å². The summed E-state index contributed by atoms with van der Waals surface area (Å²) in [5.41, 5.74) is 1.35. The number of methoxy groups -OCH3 is 1. The number of rotatable bonds is 5. The summed E-state index contributed by atoms with van der Waals surface area (Å²) in [7, 11) is -2.14. The van der Waals surface area contributed by atoms with Gasteiger partial charge in [0.2, 0.25) is 10.0 Å². The summed E-state index contributed by atoms with van der Waals surface area (Å²) in [6.45, 7) is 2.45. The molecule has 124 valence electrons. The number of nitrogens with zero attached hydrogens (tertiary/aromatic N) is 2. The van der Waals surface area contributed by atoms with Crippen molar-refractivity contribution < 1.29 is 17.9 Å². The molecule has 1 aliphatic heterocycles. The quantitative estimate of drug-likeness (QED) is 0.875. The molecule has 2 heterocycles. The van der Waals surface area contributed by atoms with Crippen molar-refractivity contribution in [1.29, 1.82) is 0 Å². The fourth-order valence-electron chi connectivity index (χ4n) is 2.58. The first-order valence-electron chi connectivity index (χ1n) is 7.25. The van der Waals surface area contributed by atoms with E-state index >= 15 is 0 Å². The van der Waals surface area contributed by atoms with Gasteiger partial charge in [-0.3, -0.25) is 0 Å². The highest BCUT2D eigenvalue weighted by Gasteiger charge is 2.32. The van der Waals surface area contributed by atoms with Crippen LogP contribution in [0.25, 0.3) is 5.69 Å². The van der Waals surface area contributed by atoms with E-state index in [9.17, 15) is 8.42 Å². The zero-order valence-electron chi connectivity index (χ0n) is 13.0. The Bertz CT molecular complexity index is 774. The average molecular weight is 337 g/mol. The summed E-state index contributed by atoms with van der Waals surface area (Å²) >= 11 is 0. The van der Waals surface area contributed by atoms with Gasteiger partial charge >= 0.3 is 0 Å². The maximum atomic E-state index is 12.7. The van der Waals surface area contributed by atoms with Crippen LogP contribution in [0.2, 0.25) is 0 Å². The van der Waals surface area contributed by atoms with E-state index in [1.54, 1.807) is 49.3 Å². The molecule has 2 atom stereocenters. The van der Waals surface area contributed by atoms with Crippen LogP contribution in [0.15, 0.2) is 41.6 Å². The second kappa shape index (κ2) is 6.40. The first-order chi connectivity index (χ1) is 11.0. The normalized spacial score (nSPS) is 21.7. The number of ether oxygens (including phenoxy) is 2. The fraction of sp³-hybridized carbons (Fsp3) is 0.400. The average Bonchev–Trinajstić information content (AvgIpc) is 3.18. The van der Waals surface area contributed by atoms with E-state index in [1.807, 2.05) is 6.07 Å². The molecule has 0 amide bonds. The zero-order chi connectivity index (χ0) is 16.4. The van der Waals surface area contributed by atoms with Gasteiger partial charge in [0.25, 0.3) is 0 Å². The van der Waals surface area contributed by atoms with Gasteiger partial charge in [-0.05, 0) is 30.7 Å². The van der Waals surface area contributed by atoms with Crippen molar-refractivity contribution in [3.05, 3.63) is 42.2 Å². The Kier molecular flexibility index (Phi) is 4.49. The molecule has 0 saturated carbocycles. The fourth-order valence-corrected chi connectivity index (χ4v) is 4.10. The lowest BCUT2D eigenvalue weighted by atomic mass is 10.2. The van der Waals surface area contributed by atoms with Crippen LogP contribution in [0.1, 0.15) is 5.56 Å². The third-order valence-corrected chi connectivity index (χ3v) is 5.50. The van der Waals surface area contributed by atoms with Gasteiger partial charge < -0.3 is 9.47 Å². The standard InChI is InChI=1S/C15H19N3O4S/c1-11-4-5-12(18-7-3-6-16-18)8-15(11)23(19,20)17-13-9-22-10-14(13)21-2/h3-8,13-14,17H,9-10H2,1-2H3/t13-,14-/m0/s1. The van der Waals surface area contributed by atoms with Crippen molar-refractivity contribution in [2.45, 2.75) is 24.0 Å². The lowest BCUT2D eigenvalue weighted by molar-refractivity contribution is 0.0761. The minimum absolute atomic E-state index is 0.229. The molecule has 2 aromatic rings. The maximum Gasteiger partial charge on any atom is 0.241 e. The number of benzene rings is 1. The highest BCUT2D eigenvalue weighted by Crippen LogP contribution is 2.21. The van der Waals surface area contributed by atoms with Crippen LogP contribution < -0.4 is 4.72 Å². The molecule has 1 aliphatic rings. The molecule has 1 N–H and O–H groups in total. The summed E-state index contributed by atoms with van der Waals surface area (Å²) in [5.74, 6) is 0. The van der Waals surface area contributed by atoms with Gasteiger partial charge in [0, 0.05) is 19.5 Å². The number of aromatic nitrogens is 2. The molecule has 1 fully saturated rings. The molecule has 0 bridgehead atoms. The summed E-state index contributed by atoms with van der Waals surface area (Å²) in [6, 6.07) is 6.61. The van der Waals surface area contributed by atoms with E-state index in [4.69, 9.17) is 9.47 Å². The zero-order valence-corrected chi connectivity index (χ0v) is 13.8. The van der Waals surface area contributed by atoms with Gasteiger partial charge in [0.05, 0.1) is 35.9 Å². The second-order valence-electron chi connectivity index (χ2n) is 5.44. The third-order valence-electron chi connectivity index (χ3n) is 3.87. The van der Waals surface area contributed by atoms with Crippen LogP contribution in [0.4, 0.5) is 0 Å². The molecular formula is C15H19N3O4S. The van der Waals surface area contributed by atoms with Gasteiger partial charge in [-0.2, -0.15) is 5.10 Å². The van der Waals surface area contributed by atoms with E-state index in [0.29, 0.717) is 24.5 Å². The van der Waals surface area contributed by atoms with Gasteiger partial charge in [0.15, 0.2) is 0 Å². The number of hydrogen-bond acceptors (Lipinski definition) is 5. The molecule has 1 aromatic carbocycles. The summed E-state index contributed by atoms with van der Waals surface area (Å²) < 4.78 is 40.3. The molecule has 0 aliphatic carbocycles. The Morgan fingerprint density at radius 2 is 2.22 bits per heavy atom. The van der Waals surface area contributed by atoms with Crippen LogP contribution in [-0.4, -0.2) is 50.7 Å². The van der Waals surface area contributed by atoms with E-state index in [2.05, 4.69) is 9.82 Å². The molecule has 0 spiro atoms. The van der Waals surface area contributed by atoms with Crippen LogP contribution in [0.3, 0.4) is 0 Å². The predicted octanol–water partition coefficient (Wildman–Crippen LogP) is 0.873. The molecule has 1 saturated heterocycles. The molecule has 8 heteroatoms. The van der Waals surface area contributed by atoms with Crippen molar-refractivity contribution in [2.75, 3.05) is 20.3 Å². The lowest BCUT2D eigenvalue weighted by Gasteiger charge is -2.19. The van der Waals surface area contributed by atoms with Crippen molar-refractivity contribution in [3.63, 3.8) is 0 Å². The molecule has 0 unspecified atom stereocenters. The Morgan fingerprint density at radius 3 is 2.91 bits per heavy atom. The molecule has 23 heavy (non-hydrogen) atoms. The van der Waals surface area contributed by atoms with E-state index in [-0.39, 0.29) is 11.0 Å². The molecule has 1 aromatic heterocycles. The summed E-state index contributed by atoms with van der Waals surface area (Å²) in [6.07, 6.45) is 3.13. The van der Waals surface area contributed by atoms with E-state index in [1.165, 1.54) is 0 Å². The predicted molar refractivity (Wildman–Crippen MR) is 84.0 cm³/mol. The first kappa shape index (κ1) is 16.1. The van der Waals surface area contributed by atoms with E-state index in [0.717, 1.165) is 0 Å². The number of aryl methyl sites for hydroxylation is 1. The minimum atomic E-state index is -3.68. The third kappa shape index (κ3) is 3.30. The van der Waals surface area contributed by atoms with Crippen molar-refractivity contribution in [1.82, 2.24) is 14.5 Å². The second-order valence-corrected chi connectivity index (χ2v) is 7.12. The lowest BCUT2D eigenvalue weighted by Crippen LogP contribution is -2.43. The number of nitrogens with one attached hydrogen (secondary N) is 1. The molecule has 7 nitrogen and oxygen atoms in total. The maximum absolute atomic E-state index is 12.7. The topological polar surface area (TPSA) is 82.5 Å². The van der Waals surface area contributed by atoms with Crippen molar-refractivity contribution in [3.8, 4) is 5.69 Å². The summed E-state index contributed by atoms with van der Waals surface area (Å²) in [5, 5.41) is 4.13. The van der Waals surface area contributed by atoms with Crippen LogP contribution >= 0.6 is 0 Å². The Labute approximate surface area is 135 Å². The van der Waals surface area contributed by atoms with E-state index < -0.39 is 16.1 Å². The first-order valence-corrected chi connectivity index (χ1v) is 8.73. The molecule has 0 radical (unpaired) electrons. The van der Waals surface area contributed by atoms with Crippen LogP contribution in [0, 0.1) is 6.92 Å². The SMILES string of the molecule is CO[C@H]1COC[C@@H]1NS(=O)(=O)c1cc(-n2cccn2)ccc1C. The van der Waals surface area contributed by atoms with Gasteiger partial charge in [-0.15, -0.1) is 0 Å². The van der Waals surface area contributed by atoms with Gasteiger partial charge in [-0.1, -0.05) is 6.07 Å². The summed E-state index contributed by atoms with van der Waals surface area (Å²) in [4.78, 5) is 0.229. The monoisotopic (exact) mass is 337 g/mol. The van der Waals surface area contributed by atoms with Gasteiger partial charge in [-0.25, -0.2) is 17.8 Å². The molecule has 3 rings (SSSR count). The van der Waals surface area contributed by atoms with Crippen LogP contribution in [0.5, 0.6) is 0 Å². The van der Waals surface area contributed by atoms with Crippen molar-refractivity contribution >= 4 is 10.0 Å². The molecular weight excluding hydrogens is 318 g/mol. The largest absolute Gasteiger partial charge is 0.377 e. The van der Waals surface area contributed by atoms with Crippen molar-refractivity contribution in [2.24, 2.45) is 0 Å². The number of hydrogen-bond donors (Lipinski definition) is 1. The minimum Gasteiger partial charge on any atom is -0.377 e.